The minimum atomic E-state index is 0.742. The molecule has 0 fully saturated rings. The topological polar surface area (TPSA) is 30.5 Å². The van der Waals surface area contributed by atoms with E-state index in [0.29, 0.717) is 0 Å². The fourth-order valence-corrected chi connectivity index (χ4v) is 2.02. The summed E-state index contributed by atoms with van der Waals surface area (Å²) in [5.41, 5.74) is 2.46. The molecule has 0 saturated carbocycles. The monoisotopic (exact) mass is 271 g/mol. The van der Waals surface area contributed by atoms with E-state index < -0.39 is 0 Å². The summed E-state index contributed by atoms with van der Waals surface area (Å²) in [5.74, 6) is 2.32. The first-order valence-corrected chi connectivity index (χ1v) is 6.85. The van der Waals surface area contributed by atoms with E-state index in [2.05, 4.69) is 30.4 Å². The summed E-state index contributed by atoms with van der Waals surface area (Å²) < 4.78 is 11.3. The largest absolute Gasteiger partial charge is 0.493 e. The third-order valence-electron chi connectivity index (χ3n) is 3.17. The van der Waals surface area contributed by atoms with Gasteiger partial charge in [0.05, 0.1) is 7.11 Å². The average molecular weight is 271 g/mol. The molecule has 0 aromatic heterocycles. The summed E-state index contributed by atoms with van der Waals surface area (Å²) in [6.45, 7) is 2.98. The Bertz CT molecular complexity index is 549. The summed E-state index contributed by atoms with van der Waals surface area (Å²) in [6.07, 6.45) is 0.982. The van der Waals surface area contributed by atoms with Crippen LogP contribution in [-0.4, -0.2) is 14.2 Å². The zero-order valence-electron chi connectivity index (χ0n) is 12.3. The maximum absolute atomic E-state index is 5.89. The highest BCUT2D eigenvalue weighted by molar-refractivity contribution is 5.45. The van der Waals surface area contributed by atoms with Crippen LogP contribution in [-0.2, 0) is 13.0 Å². The van der Waals surface area contributed by atoms with Crippen LogP contribution in [0.5, 0.6) is 17.2 Å². The molecule has 2 aromatic carbocycles. The van der Waals surface area contributed by atoms with E-state index in [1.807, 2.05) is 31.3 Å². The molecule has 0 atom stereocenters. The molecule has 1 N–H and O–H groups in total. The van der Waals surface area contributed by atoms with Crippen molar-refractivity contribution in [3.8, 4) is 17.2 Å². The van der Waals surface area contributed by atoms with Crippen molar-refractivity contribution in [2.45, 2.75) is 19.9 Å². The maximum atomic E-state index is 5.89. The number of rotatable bonds is 6. The van der Waals surface area contributed by atoms with Crippen molar-refractivity contribution in [3.05, 3.63) is 53.6 Å². The van der Waals surface area contributed by atoms with Crippen molar-refractivity contribution in [2.24, 2.45) is 0 Å². The van der Waals surface area contributed by atoms with Crippen molar-refractivity contribution in [2.75, 3.05) is 14.2 Å². The second-order valence-electron chi connectivity index (χ2n) is 4.62. The fourth-order valence-electron chi connectivity index (χ4n) is 2.02. The lowest BCUT2D eigenvalue weighted by molar-refractivity contribution is 0.378. The van der Waals surface area contributed by atoms with Crippen molar-refractivity contribution in [1.82, 2.24) is 5.32 Å². The number of hydrogen-bond acceptors (Lipinski definition) is 3. The quantitative estimate of drug-likeness (QED) is 0.867. The SMILES string of the molecule is CCc1ccc(Oc2ccc(CNC)cc2)c(OC)c1. The highest BCUT2D eigenvalue weighted by Gasteiger charge is 2.06. The lowest BCUT2D eigenvalue weighted by Crippen LogP contribution is -2.04. The van der Waals surface area contributed by atoms with E-state index in [1.165, 1.54) is 11.1 Å². The molecule has 0 radical (unpaired) electrons. The molecule has 106 valence electrons. The van der Waals surface area contributed by atoms with Crippen LogP contribution < -0.4 is 14.8 Å². The Hall–Kier alpha value is -2.00. The van der Waals surface area contributed by atoms with Crippen LogP contribution in [0.4, 0.5) is 0 Å². The minimum Gasteiger partial charge on any atom is -0.493 e. The van der Waals surface area contributed by atoms with Crippen molar-refractivity contribution in [3.63, 3.8) is 0 Å². The van der Waals surface area contributed by atoms with Gasteiger partial charge in [-0.25, -0.2) is 0 Å². The highest BCUT2D eigenvalue weighted by Crippen LogP contribution is 2.32. The average Bonchev–Trinajstić information content (AvgIpc) is 2.50. The lowest BCUT2D eigenvalue weighted by atomic mass is 10.1. The Balaban J connectivity index is 2.16. The zero-order valence-corrected chi connectivity index (χ0v) is 12.3. The summed E-state index contributed by atoms with van der Waals surface area (Å²) in [6, 6.07) is 14.1. The molecule has 2 aromatic rings. The normalized spacial score (nSPS) is 10.3. The number of benzene rings is 2. The Morgan fingerprint density at radius 3 is 2.25 bits per heavy atom. The van der Waals surface area contributed by atoms with Crippen LogP contribution in [0.1, 0.15) is 18.1 Å². The molecule has 3 nitrogen and oxygen atoms in total. The molecule has 20 heavy (non-hydrogen) atoms. The molecule has 0 spiro atoms. The van der Waals surface area contributed by atoms with E-state index in [-0.39, 0.29) is 0 Å². The first-order chi connectivity index (χ1) is 9.76. The van der Waals surface area contributed by atoms with Crippen LogP contribution in [0.3, 0.4) is 0 Å². The predicted molar refractivity (Wildman–Crippen MR) is 81.7 cm³/mol. The second-order valence-corrected chi connectivity index (χ2v) is 4.62. The van der Waals surface area contributed by atoms with E-state index in [4.69, 9.17) is 9.47 Å². The van der Waals surface area contributed by atoms with E-state index in [9.17, 15) is 0 Å². The summed E-state index contributed by atoms with van der Waals surface area (Å²) in [7, 11) is 3.60. The Labute approximate surface area is 120 Å². The zero-order chi connectivity index (χ0) is 14.4. The van der Waals surface area contributed by atoms with Gasteiger partial charge < -0.3 is 14.8 Å². The van der Waals surface area contributed by atoms with Crippen molar-refractivity contribution < 1.29 is 9.47 Å². The first-order valence-electron chi connectivity index (χ1n) is 6.85. The molecule has 2 rings (SSSR count). The van der Waals surface area contributed by atoms with Gasteiger partial charge in [0.2, 0.25) is 0 Å². The smallest absolute Gasteiger partial charge is 0.169 e. The number of nitrogens with one attached hydrogen (secondary N) is 1. The third kappa shape index (κ3) is 3.52. The molecule has 0 bridgehead atoms. The Morgan fingerprint density at radius 1 is 0.950 bits per heavy atom. The number of hydrogen-bond donors (Lipinski definition) is 1. The van der Waals surface area contributed by atoms with Gasteiger partial charge in [-0.3, -0.25) is 0 Å². The van der Waals surface area contributed by atoms with Gasteiger partial charge in [-0.15, -0.1) is 0 Å². The van der Waals surface area contributed by atoms with Crippen LogP contribution in [0.2, 0.25) is 0 Å². The third-order valence-corrected chi connectivity index (χ3v) is 3.17. The van der Waals surface area contributed by atoms with Gasteiger partial charge in [-0.05, 0) is 48.9 Å². The summed E-state index contributed by atoms with van der Waals surface area (Å²) in [5, 5.41) is 3.12. The van der Waals surface area contributed by atoms with E-state index in [0.717, 1.165) is 30.2 Å². The van der Waals surface area contributed by atoms with Crippen molar-refractivity contribution in [1.29, 1.82) is 0 Å². The Kier molecular flexibility index (Phi) is 5.02. The molecule has 0 amide bonds. The van der Waals surface area contributed by atoms with Gasteiger partial charge >= 0.3 is 0 Å². The van der Waals surface area contributed by atoms with E-state index in [1.54, 1.807) is 7.11 Å². The van der Waals surface area contributed by atoms with Gasteiger partial charge in [-0.1, -0.05) is 25.1 Å². The Morgan fingerprint density at radius 2 is 1.65 bits per heavy atom. The fraction of sp³-hybridized carbons (Fsp3) is 0.294. The summed E-state index contributed by atoms with van der Waals surface area (Å²) >= 11 is 0. The molecule has 0 aliphatic rings. The maximum Gasteiger partial charge on any atom is 0.169 e. The molecular formula is C17H21NO2. The van der Waals surface area contributed by atoms with Gasteiger partial charge in [0.15, 0.2) is 11.5 Å². The number of methoxy groups -OCH3 is 1. The molecular weight excluding hydrogens is 250 g/mol. The number of aryl methyl sites for hydroxylation is 1. The summed E-state index contributed by atoms with van der Waals surface area (Å²) in [4.78, 5) is 0. The van der Waals surface area contributed by atoms with Crippen LogP contribution in [0.25, 0.3) is 0 Å². The minimum absolute atomic E-state index is 0.742. The molecule has 0 aliphatic heterocycles. The lowest BCUT2D eigenvalue weighted by Gasteiger charge is -2.12. The number of ether oxygens (including phenoxy) is 2. The second kappa shape index (κ2) is 6.96. The van der Waals surface area contributed by atoms with Gasteiger partial charge in [-0.2, -0.15) is 0 Å². The van der Waals surface area contributed by atoms with Gasteiger partial charge in [0.25, 0.3) is 0 Å². The van der Waals surface area contributed by atoms with Gasteiger partial charge in [0, 0.05) is 6.54 Å². The predicted octanol–water partition coefficient (Wildman–Crippen LogP) is 3.77. The molecule has 3 heteroatoms. The van der Waals surface area contributed by atoms with Crippen LogP contribution in [0.15, 0.2) is 42.5 Å². The molecule has 0 saturated heterocycles. The van der Waals surface area contributed by atoms with Crippen LogP contribution in [0, 0.1) is 0 Å². The molecule has 0 heterocycles. The van der Waals surface area contributed by atoms with Crippen LogP contribution >= 0.6 is 0 Å². The molecule has 0 unspecified atom stereocenters. The molecule has 0 aliphatic carbocycles. The van der Waals surface area contributed by atoms with Gasteiger partial charge in [0.1, 0.15) is 5.75 Å². The highest BCUT2D eigenvalue weighted by atomic mass is 16.5. The first kappa shape index (κ1) is 14.4. The standard InChI is InChI=1S/C17H21NO2/c1-4-13-7-10-16(17(11-13)19-3)20-15-8-5-14(6-9-15)12-18-2/h5-11,18H,4,12H2,1-3H3. The van der Waals surface area contributed by atoms with E-state index >= 15 is 0 Å². The van der Waals surface area contributed by atoms with Crippen molar-refractivity contribution >= 4 is 0 Å².